The second-order valence-corrected chi connectivity index (χ2v) is 8.18. The van der Waals surface area contributed by atoms with Crippen LogP contribution in [0.15, 0.2) is 54.6 Å². The molecule has 1 atom stereocenters. The summed E-state index contributed by atoms with van der Waals surface area (Å²) < 4.78 is 5.25. The first kappa shape index (κ1) is 20.3. The number of amides is 3. The third-order valence-electron chi connectivity index (χ3n) is 6.09. The number of benzene rings is 2. The van der Waals surface area contributed by atoms with Crippen molar-refractivity contribution in [3.63, 3.8) is 0 Å². The highest BCUT2D eigenvalue weighted by molar-refractivity contribution is 5.97. The fraction of sp³-hybridized carbons (Fsp3) is 0.417. The molecule has 0 aliphatic carbocycles. The second kappa shape index (κ2) is 9.20. The van der Waals surface area contributed by atoms with E-state index in [1.807, 2.05) is 35.2 Å². The van der Waals surface area contributed by atoms with Gasteiger partial charge in [0, 0.05) is 37.8 Å². The van der Waals surface area contributed by atoms with Crippen LogP contribution in [0.1, 0.15) is 24.8 Å². The van der Waals surface area contributed by atoms with Crippen molar-refractivity contribution in [2.75, 3.05) is 31.6 Å². The highest BCUT2D eigenvalue weighted by Gasteiger charge is 2.33. The minimum absolute atomic E-state index is 0.0233. The number of carbonyl (C=O) groups excluding carboxylic acids is 2. The predicted molar refractivity (Wildman–Crippen MR) is 117 cm³/mol. The molecule has 2 aromatic rings. The van der Waals surface area contributed by atoms with Crippen LogP contribution >= 0.6 is 0 Å². The fourth-order valence-corrected chi connectivity index (χ4v) is 4.39. The zero-order chi connectivity index (χ0) is 20.9. The van der Waals surface area contributed by atoms with Crippen molar-refractivity contribution in [3.8, 4) is 5.75 Å². The van der Waals surface area contributed by atoms with Crippen LogP contribution in [0.2, 0.25) is 0 Å². The summed E-state index contributed by atoms with van der Waals surface area (Å²) in [5.41, 5.74) is 2.17. The van der Waals surface area contributed by atoms with Crippen LogP contribution in [-0.4, -0.2) is 49.6 Å². The van der Waals surface area contributed by atoms with Gasteiger partial charge in [-0.05, 0) is 42.9 Å². The van der Waals surface area contributed by atoms with Crippen molar-refractivity contribution in [2.24, 2.45) is 5.92 Å². The van der Waals surface area contributed by atoms with Crippen LogP contribution in [0.25, 0.3) is 0 Å². The quantitative estimate of drug-likeness (QED) is 0.826. The molecule has 3 amide bonds. The number of rotatable bonds is 5. The van der Waals surface area contributed by atoms with Crippen LogP contribution in [0, 0.1) is 5.92 Å². The van der Waals surface area contributed by atoms with Crippen molar-refractivity contribution in [3.05, 3.63) is 60.2 Å². The number of hydrogen-bond acceptors (Lipinski definition) is 3. The molecule has 0 spiro atoms. The molecule has 0 radical (unpaired) electrons. The average Bonchev–Trinajstić information content (AvgIpc) is 3.15. The van der Waals surface area contributed by atoms with E-state index < -0.39 is 0 Å². The maximum absolute atomic E-state index is 12.7. The molecule has 2 fully saturated rings. The van der Waals surface area contributed by atoms with Crippen molar-refractivity contribution in [1.29, 1.82) is 0 Å². The summed E-state index contributed by atoms with van der Waals surface area (Å²) in [6.07, 6.45) is 3.43. The van der Waals surface area contributed by atoms with E-state index in [2.05, 4.69) is 29.6 Å². The van der Waals surface area contributed by atoms with Crippen molar-refractivity contribution in [2.45, 2.75) is 31.7 Å². The van der Waals surface area contributed by atoms with E-state index in [1.165, 1.54) is 5.56 Å². The summed E-state index contributed by atoms with van der Waals surface area (Å²) in [4.78, 5) is 28.8. The first-order valence-corrected chi connectivity index (χ1v) is 10.7. The molecule has 2 aliphatic heterocycles. The van der Waals surface area contributed by atoms with E-state index in [0.29, 0.717) is 24.6 Å². The topological polar surface area (TPSA) is 61.9 Å². The van der Waals surface area contributed by atoms with E-state index in [1.54, 1.807) is 12.0 Å². The third kappa shape index (κ3) is 4.75. The Balaban J connectivity index is 1.27. The molecule has 0 saturated carbocycles. The molecule has 30 heavy (non-hydrogen) atoms. The minimum Gasteiger partial charge on any atom is -0.497 e. The summed E-state index contributed by atoms with van der Waals surface area (Å²) in [7, 11) is 1.61. The molecule has 2 aromatic carbocycles. The lowest BCUT2D eigenvalue weighted by Crippen LogP contribution is -2.48. The third-order valence-corrected chi connectivity index (χ3v) is 6.09. The van der Waals surface area contributed by atoms with Crippen molar-refractivity contribution >= 4 is 17.6 Å². The average molecular weight is 408 g/mol. The number of urea groups is 1. The normalized spacial score (nSPS) is 19.8. The maximum Gasteiger partial charge on any atom is 0.317 e. The summed E-state index contributed by atoms with van der Waals surface area (Å²) in [5.74, 6) is 1.36. The van der Waals surface area contributed by atoms with Gasteiger partial charge < -0.3 is 19.9 Å². The highest BCUT2D eigenvalue weighted by atomic mass is 16.5. The molecule has 2 saturated heterocycles. The molecule has 2 heterocycles. The summed E-state index contributed by atoms with van der Waals surface area (Å²) in [6.45, 7) is 2.02. The molecular weight excluding hydrogens is 378 g/mol. The number of piperidine rings is 1. The van der Waals surface area contributed by atoms with Crippen molar-refractivity contribution in [1.82, 2.24) is 10.2 Å². The molecule has 158 valence electrons. The summed E-state index contributed by atoms with van der Waals surface area (Å²) in [5, 5.41) is 3.07. The van der Waals surface area contributed by atoms with Crippen LogP contribution in [0.5, 0.6) is 5.75 Å². The van der Waals surface area contributed by atoms with Gasteiger partial charge in [0.2, 0.25) is 5.91 Å². The number of nitrogens with one attached hydrogen (secondary N) is 1. The lowest BCUT2D eigenvalue weighted by atomic mass is 9.90. The van der Waals surface area contributed by atoms with Gasteiger partial charge in [0.15, 0.2) is 0 Å². The monoisotopic (exact) mass is 407 g/mol. The maximum atomic E-state index is 12.7. The van der Waals surface area contributed by atoms with E-state index in [-0.39, 0.29) is 18.0 Å². The molecule has 1 unspecified atom stereocenters. The Hall–Kier alpha value is -3.02. The summed E-state index contributed by atoms with van der Waals surface area (Å²) >= 11 is 0. The van der Waals surface area contributed by atoms with Gasteiger partial charge in [0.05, 0.1) is 13.2 Å². The van der Waals surface area contributed by atoms with E-state index >= 15 is 0 Å². The van der Waals surface area contributed by atoms with Gasteiger partial charge in [-0.1, -0.05) is 36.4 Å². The largest absolute Gasteiger partial charge is 0.497 e. The second-order valence-electron chi connectivity index (χ2n) is 8.18. The highest BCUT2D eigenvalue weighted by Crippen LogP contribution is 2.26. The smallest absolute Gasteiger partial charge is 0.317 e. The summed E-state index contributed by atoms with van der Waals surface area (Å²) in [6, 6.07) is 17.8. The van der Waals surface area contributed by atoms with E-state index in [0.717, 1.165) is 38.0 Å². The Morgan fingerprint density at radius 3 is 2.60 bits per heavy atom. The molecule has 4 rings (SSSR count). The van der Waals surface area contributed by atoms with Crippen LogP contribution < -0.4 is 15.0 Å². The predicted octanol–water partition coefficient (Wildman–Crippen LogP) is 3.46. The first-order chi connectivity index (χ1) is 14.6. The molecule has 6 heteroatoms. The molecule has 6 nitrogen and oxygen atoms in total. The van der Waals surface area contributed by atoms with Gasteiger partial charge in [0.25, 0.3) is 0 Å². The van der Waals surface area contributed by atoms with E-state index in [4.69, 9.17) is 4.74 Å². The molecule has 0 bridgehead atoms. The lowest BCUT2D eigenvalue weighted by Gasteiger charge is -2.33. The van der Waals surface area contributed by atoms with Gasteiger partial charge in [-0.3, -0.25) is 4.79 Å². The zero-order valence-corrected chi connectivity index (χ0v) is 17.4. The van der Waals surface area contributed by atoms with Crippen LogP contribution in [-0.2, 0) is 11.2 Å². The molecule has 1 N–H and O–H groups in total. The van der Waals surface area contributed by atoms with Gasteiger partial charge in [-0.15, -0.1) is 0 Å². The Bertz CT molecular complexity index is 878. The lowest BCUT2D eigenvalue weighted by molar-refractivity contribution is -0.117. The number of ether oxygens (including phenoxy) is 1. The minimum atomic E-state index is -0.168. The van der Waals surface area contributed by atoms with E-state index in [9.17, 15) is 9.59 Å². The van der Waals surface area contributed by atoms with Gasteiger partial charge >= 0.3 is 6.03 Å². The number of anilines is 1. The standard InChI is InChI=1S/C24H29N3O3/c1-30-22-9-5-8-21(16-22)27-17-20(15-23(27)28)25-24(29)26-12-10-19(11-13-26)14-18-6-3-2-4-7-18/h2-9,16,19-20H,10-15,17H2,1H3,(H,25,29). The Morgan fingerprint density at radius 2 is 1.87 bits per heavy atom. The van der Waals surface area contributed by atoms with Crippen molar-refractivity contribution < 1.29 is 14.3 Å². The van der Waals surface area contributed by atoms with Crippen LogP contribution in [0.4, 0.5) is 10.5 Å². The van der Waals surface area contributed by atoms with Gasteiger partial charge in [-0.25, -0.2) is 4.79 Å². The first-order valence-electron chi connectivity index (χ1n) is 10.7. The number of nitrogens with zero attached hydrogens (tertiary/aromatic N) is 2. The number of likely N-dealkylation sites (tertiary alicyclic amines) is 1. The van der Waals surface area contributed by atoms with Gasteiger partial charge in [0.1, 0.15) is 5.75 Å². The molecule has 2 aliphatic rings. The van der Waals surface area contributed by atoms with Gasteiger partial charge in [-0.2, -0.15) is 0 Å². The zero-order valence-electron chi connectivity index (χ0n) is 17.4. The molecular formula is C24H29N3O3. The fourth-order valence-electron chi connectivity index (χ4n) is 4.39. The Morgan fingerprint density at radius 1 is 1.10 bits per heavy atom. The SMILES string of the molecule is COc1cccc(N2CC(NC(=O)N3CCC(Cc4ccccc4)CC3)CC2=O)c1. The Kier molecular flexibility index (Phi) is 6.21. The molecule has 0 aromatic heterocycles. The van der Waals surface area contributed by atoms with Crippen LogP contribution in [0.3, 0.4) is 0 Å². The Labute approximate surface area is 177 Å². The number of methoxy groups -OCH3 is 1. The number of hydrogen-bond donors (Lipinski definition) is 1. The number of carbonyl (C=O) groups is 2.